The van der Waals surface area contributed by atoms with Gasteiger partial charge in [0.15, 0.2) is 0 Å². The van der Waals surface area contributed by atoms with E-state index >= 15 is 0 Å². The molecule has 2 heterocycles. The van der Waals surface area contributed by atoms with Gasteiger partial charge in [0.1, 0.15) is 5.82 Å². The van der Waals surface area contributed by atoms with Gasteiger partial charge in [-0.3, -0.25) is 4.79 Å². The first kappa shape index (κ1) is 17.2. The first-order valence-corrected chi connectivity index (χ1v) is 8.43. The van der Waals surface area contributed by atoms with Crippen molar-refractivity contribution in [3.05, 3.63) is 64.5 Å². The quantitative estimate of drug-likeness (QED) is 0.763. The van der Waals surface area contributed by atoms with E-state index in [1.54, 1.807) is 16.9 Å². The number of amides is 1. The molecule has 3 rings (SSSR count). The average Bonchev–Trinajstić information content (AvgIpc) is 3.13. The molecule has 0 aliphatic heterocycles. The molecule has 0 bridgehead atoms. The molecular formula is C18H20ClN5O. The van der Waals surface area contributed by atoms with E-state index in [1.807, 2.05) is 49.7 Å². The highest BCUT2D eigenvalue weighted by Gasteiger charge is 2.12. The number of aromatic nitrogens is 4. The summed E-state index contributed by atoms with van der Waals surface area (Å²) >= 11 is 6.21. The summed E-state index contributed by atoms with van der Waals surface area (Å²) in [6.45, 7) is 6.92. The van der Waals surface area contributed by atoms with Crippen LogP contribution in [0.15, 0.2) is 36.7 Å². The number of hydrogen-bond acceptors (Lipinski definition) is 3. The summed E-state index contributed by atoms with van der Waals surface area (Å²) in [5, 5.41) is 8.00. The minimum Gasteiger partial charge on any atom is -0.350 e. The van der Waals surface area contributed by atoms with Gasteiger partial charge in [0, 0.05) is 31.0 Å². The summed E-state index contributed by atoms with van der Waals surface area (Å²) < 4.78 is 3.75. The summed E-state index contributed by atoms with van der Waals surface area (Å²) in [6, 6.07) is 7.35. The minimum atomic E-state index is -0.118. The topological polar surface area (TPSA) is 64.7 Å². The van der Waals surface area contributed by atoms with E-state index in [4.69, 9.17) is 11.6 Å². The SMILES string of the molecule is Cc1nn(-c2cccc(C(=O)NCCn3ccnc3C)c2)c(C)c1Cl. The van der Waals surface area contributed by atoms with Crippen LogP contribution in [0.3, 0.4) is 0 Å². The number of hydrogen-bond donors (Lipinski definition) is 1. The van der Waals surface area contributed by atoms with Crippen molar-refractivity contribution in [2.45, 2.75) is 27.3 Å². The third-order valence-corrected chi connectivity index (χ3v) is 4.66. The summed E-state index contributed by atoms with van der Waals surface area (Å²) in [5.74, 6) is 0.810. The van der Waals surface area contributed by atoms with Gasteiger partial charge in [-0.25, -0.2) is 9.67 Å². The molecule has 1 aromatic carbocycles. The molecule has 0 unspecified atom stereocenters. The standard InChI is InChI=1S/C18H20ClN5O/c1-12-17(19)13(2)24(22-12)16-6-4-5-15(11-16)18(25)21-8-10-23-9-7-20-14(23)3/h4-7,9,11H,8,10H2,1-3H3,(H,21,25). The molecule has 0 fully saturated rings. The van der Waals surface area contributed by atoms with Gasteiger partial charge < -0.3 is 9.88 Å². The minimum absolute atomic E-state index is 0.118. The summed E-state index contributed by atoms with van der Waals surface area (Å²) in [6.07, 6.45) is 3.65. The molecule has 0 atom stereocenters. The van der Waals surface area contributed by atoms with Crippen molar-refractivity contribution in [3.63, 3.8) is 0 Å². The Labute approximate surface area is 151 Å². The summed E-state index contributed by atoms with van der Waals surface area (Å²) in [4.78, 5) is 16.6. The van der Waals surface area contributed by atoms with E-state index in [0.29, 0.717) is 23.7 Å². The van der Waals surface area contributed by atoms with Crippen LogP contribution in [0.4, 0.5) is 0 Å². The zero-order valence-electron chi connectivity index (χ0n) is 14.5. The summed E-state index contributed by atoms with van der Waals surface area (Å²) in [7, 11) is 0. The van der Waals surface area contributed by atoms with E-state index < -0.39 is 0 Å². The molecule has 1 N–H and O–H groups in total. The molecule has 130 valence electrons. The van der Waals surface area contributed by atoms with Crippen molar-refractivity contribution in [2.75, 3.05) is 6.54 Å². The fourth-order valence-corrected chi connectivity index (χ4v) is 2.80. The van der Waals surface area contributed by atoms with Gasteiger partial charge in [-0.15, -0.1) is 0 Å². The molecular weight excluding hydrogens is 338 g/mol. The van der Waals surface area contributed by atoms with Crippen molar-refractivity contribution in [1.29, 1.82) is 0 Å². The van der Waals surface area contributed by atoms with Crippen molar-refractivity contribution in [2.24, 2.45) is 0 Å². The van der Waals surface area contributed by atoms with Crippen LogP contribution in [0.25, 0.3) is 5.69 Å². The van der Waals surface area contributed by atoms with Crippen LogP contribution < -0.4 is 5.32 Å². The summed E-state index contributed by atoms with van der Waals surface area (Å²) in [5.41, 5.74) is 3.02. The van der Waals surface area contributed by atoms with Crippen LogP contribution in [-0.4, -0.2) is 31.8 Å². The second kappa shape index (κ2) is 7.11. The van der Waals surface area contributed by atoms with Crippen LogP contribution in [0.5, 0.6) is 0 Å². The number of benzene rings is 1. The lowest BCUT2D eigenvalue weighted by Gasteiger charge is -2.09. The Morgan fingerprint density at radius 1 is 1.28 bits per heavy atom. The Morgan fingerprint density at radius 3 is 2.72 bits per heavy atom. The predicted octanol–water partition coefficient (Wildman–Crippen LogP) is 3.08. The Hall–Kier alpha value is -2.60. The van der Waals surface area contributed by atoms with Gasteiger partial charge in [-0.05, 0) is 39.0 Å². The third-order valence-electron chi connectivity index (χ3n) is 4.12. The molecule has 6 nitrogen and oxygen atoms in total. The Kier molecular flexibility index (Phi) is 4.90. The molecule has 7 heteroatoms. The molecule has 0 saturated carbocycles. The lowest BCUT2D eigenvalue weighted by Crippen LogP contribution is -2.27. The average molecular weight is 358 g/mol. The molecule has 0 spiro atoms. The molecule has 3 aromatic rings. The maximum atomic E-state index is 12.4. The van der Waals surface area contributed by atoms with Gasteiger partial charge in [-0.2, -0.15) is 5.10 Å². The Morgan fingerprint density at radius 2 is 2.08 bits per heavy atom. The smallest absolute Gasteiger partial charge is 0.251 e. The van der Waals surface area contributed by atoms with E-state index in [1.165, 1.54) is 0 Å². The first-order chi connectivity index (χ1) is 12.0. The second-order valence-corrected chi connectivity index (χ2v) is 6.25. The molecule has 25 heavy (non-hydrogen) atoms. The normalized spacial score (nSPS) is 10.9. The fraction of sp³-hybridized carbons (Fsp3) is 0.278. The van der Waals surface area contributed by atoms with Crippen molar-refractivity contribution < 1.29 is 4.79 Å². The number of halogens is 1. The van der Waals surface area contributed by atoms with Crippen LogP contribution in [0.1, 0.15) is 27.6 Å². The number of aryl methyl sites for hydroxylation is 2. The zero-order chi connectivity index (χ0) is 18.0. The third kappa shape index (κ3) is 3.58. The van der Waals surface area contributed by atoms with E-state index in [2.05, 4.69) is 15.4 Å². The molecule has 0 aliphatic carbocycles. The first-order valence-electron chi connectivity index (χ1n) is 8.05. The van der Waals surface area contributed by atoms with Crippen LogP contribution >= 0.6 is 11.6 Å². The van der Waals surface area contributed by atoms with Gasteiger partial charge in [0.25, 0.3) is 5.91 Å². The largest absolute Gasteiger partial charge is 0.350 e. The van der Waals surface area contributed by atoms with Gasteiger partial charge in [0.2, 0.25) is 0 Å². The molecule has 0 radical (unpaired) electrons. The number of imidazole rings is 1. The highest BCUT2D eigenvalue weighted by molar-refractivity contribution is 6.31. The molecule has 0 saturated heterocycles. The highest BCUT2D eigenvalue weighted by atomic mass is 35.5. The highest BCUT2D eigenvalue weighted by Crippen LogP contribution is 2.22. The van der Waals surface area contributed by atoms with Gasteiger partial charge in [0.05, 0.1) is 22.1 Å². The molecule has 2 aromatic heterocycles. The Bertz CT molecular complexity index is 912. The van der Waals surface area contributed by atoms with Gasteiger partial charge >= 0.3 is 0 Å². The van der Waals surface area contributed by atoms with Crippen LogP contribution in [-0.2, 0) is 6.54 Å². The van der Waals surface area contributed by atoms with Crippen molar-refractivity contribution >= 4 is 17.5 Å². The number of nitrogens with one attached hydrogen (secondary N) is 1. The fourth-order valence-electron chi connectivity index (χ4n) is 2.69. The Balaban J connectivity index is 1.71. The van der Waals surface area contributed by atoms with Crippen molar-refractivity contribution in [1.82, 2.24) is 24.6 Å². The molecule has 1 amide bonds. The maximum Gasteiger partial charge on any atom is 0.251 e. The number of nitrogens with zero attached hydrogens (tertiary/aromatic N) is 4. The van der Waals surface area contributed by atoms with E-state index in [0.717, 1.165) is 22.9 Å². The number of carbonyl (C=O) groups excluding carboxylic acids is 1. The number of carbonyl (C=O) groups is 1. The van der Waals surface area contributed by atoms with E-state index in [9.17, 15) is 4.79 Å². The van der Waals surface area contributed by atoms with Gasteiger partial charge in [-0.1, -0.05) is 17.7 Å². The lowest BCUT2D eigenvalue weighted by atomic mass is 10.2. The lowest BCUT2D eigenvalue weighted by molar-refractivity contribution is 0.0952. The second-order valence-electron chi connectivity index (χ2n) is 5.87. The van der Waals surface area contributed by atoms with Crippen LogP contribution in [0, 0.1) is 20.8 Å². The van der Waals surface area contributed by atoms with E-state index in [-0.39, 0.29) is 5.91 Å². The van der Waals surface area contributed by atoms with Crippen molar-refractivity contribution in [3.8, 4) is 5.69 Å². The monoisotopic (exact) mass is 357 g/mol. The maximum absolute atomic E-state index is 12.4. The number of rotatable bonds is 5. The predicted molar refractivity (Wildman–Crippen MR) is 97.3 cm³/mol. The van der Waals surface area contributed by atoms with Crippen LogP contribution in [0.2, 0.25) is 5.02 Å². The zero-order valence-corrected chi connectivity index (χ0v) is 15.2. The molecule has 0 aliphatic rings.